The number of carbonyl (C=O) groups excluding carboxylic acids is 2. The molecule has 0 spiro atoms. The summed E-state index contributed by atoms with van der Waals surface area (Å²) in [5.41, 5.74) is 1.01. The molecule has 1 saturated heterocycles. The highest BCUT2D eigenvalue weighted by molar-refractivity contribution is 6.05. The van der Waals surface area contributed by atoms with Gasteiger partial charge in [-0.3, -0.25) is 14.5 Å². The smallest absolute Gasteiger partial charge is 0.233 e. The molecule has 1 aromatic carbocycles. The lowest BCUT2D eigenvalue weighted by Gasteiger charge is -2.25. The van der Waals surface area contributed by atoms with Crippen molar-refractivity contribution in [1.29, 1.82) is 0 Å². The minimum absolute atomic E-state index is 0.174. The second-order valence-electron chi connectivity index (χ2n) is 5.15. The van der Waals surface area contributed by atoms with Gasteiger partial charge >= 0.3 is 0 Å². The largest absolute Gasteiger partial charge is 0.394 e. The first-order valence-corrected chi connectivity index (χ1v) is 6.58. The van der Waals surface area contributed by atoms with Gasteiger partial charge in [-0.25, -0.2) is 0 Å². The number of likely N-dealkylation sites (tertiary alicyclic amines) is 1. The molecule has 2 rings (SSSR count). The van der Waals surface area contributed by atoms with Crippen LogP contribution in [0.1, 0.15) is 19.4 Å². The zero-order valence-corrected chi connectivity index (χ0v) is 11.2. The Morgan fingerprint density at radius 2 is 1.63 bits per heavy atom. The molecule has 0 radical (unpaired) electrons. The summed E-state index contributed by atoms with van der Waals surface area (Å²) in [6.45, 7) is 3.33. The number of rotatable bonds is 4. The van der Waals surface area contributed by atoms with Crippen LogP contribution in [-0.2, 0) is 16.0 Å². The van der Waals surface area contributed by atoms with E-state index in [9.17, 15) is 14.7 Å². The molecule has 0 bridgehead atoms. The molecule has 0 saturated carbocycles. The van der Waals surface area contributed by atoms with Crippen LogP contribution in [0.25, 0.3) is 0 Å². The van der Waals surface area contributed by atoms with E-state index in [-0.39, 0.29) is 30.3 Å². The van der Waals surface area contributed by atoms with Gasteiger partial charge in [-0.05, 0) is 12.0 Å². The Morgan fingerprint density at radius 1 is 1.11 bits per heavy atom. The van der Waals surface area contributed by atoms with E-state index in [2.05, 4.69) is 0 Å². The minimum Gasteiger partial charge on any atom is -0.394 e. The second-order valence-corrected chi connectivity index (χ2v) is 5.15. The van der Waals surface area contributed by atoms with Gasteiger partial charge in [0.2, 0.25) is 11.8 Å². The zero-order valence-electron chi connectivity index (χ0n) is 11.2. The summed E-state index contributed by atoms with van der Waals surface area (Å²) in [5, 5.41) is 9.51. The van der Waals surface area contributed by atoms with Crippen molar-refractivity contribution in [1.82, 2.24) is 4.90 Å². The lowest BCUT2D eigenvalue weighted by molar-refractivity contribution is -0.143. The first-order chi connectivity index (χ1) is 9.06. The number of amides is 2. The monoisotopic (exact) mass is 261 g/mol. The zero-order chi connectivity index (χ0) is 14.0. The summed E-state index contributed by atoms with van der Waals surface area (Å²) in [7, 11) is 0. The van der Waals surface area contributed by atoms with Gasteiger partial charge < -0.3 is 5.11 Å². The Balaban J connectivity index is 2.18. The number of carbonyl (C=O) groups is 2. The van der Waals surface area contributed by atoms with Crippen molar-refractivity contribution < 1.29 is 14.7 Å². The Bertz CT molecular complexity index is 452. The number of imide groups is 1. The van der Waals surface area contributed by atoms with Crippen LogP contribution in [0.4, 0.5) is 0 Å². The number of aliphatic hydroxyl groups excluding tert-OH is 1. The molecule has 19 heavy (non-hydrogen) atoms. The summed E-state index contributed by atoms with van der Waals surface area (Å²) in [6, 6.07) is 9.12. The molecule has 102 valence electrons. The quantitative estimate of drug-likeness (QED) is 0.829. The average molecular weight is 261 g/mol. The van der Waals surface area contributed by atoms with Crippen LogP contribution in [-0.4, -0.2) is 34.5 Å². The van der Waals surface area contributed by atoms with E-state index in [1.807, 2.05) is 30.3 Å². The van der Waals surface area contributed by atoms with Crippen molar-refractivity contribution in [2.24, 2.45) is 11.8 Å². The lowest BCUT2D eigenvalue weighted by Crippen LogP contribution is -2.44. The fourth-order valence-corrected chi connectivity index (χ4v) is 2.46. The molecule has 1 aliphatic heterocycles. The van der Waals surface area contributed by atoms with Gasteiger partial charge in [0.15, 0.2) is 0 Å². The molecular formula is C15H19NO3. The van der Waals surface area contributed by atoms with Crippen molar-refractivity contribution in [3.8, 4) is 0 Å². The second kappa shape index (κ2) is 5.53. The third-order valence-electron chi connectivity index (χ3n) is 3.89. The van der Waals surface area contributed by atoms with E-state index in [1.165, 1.54) is 4.90 Å². The van der Waals surface area contributed by atoms with Crippen molar-refractivity contribution in [2.45, 2.75) is 26.3 Å². The highest BCUT2D eigenvalue weighted by Crippen LogP contribution is 2.28. The topological polar surface area (TPSA) is 57.6 Å². The molecule has 1 heterocycles. The van der Waals surface area contributed by atoms with Crippen LogP contribution in [0.2, 0.25) is 0 Å². The van der Waals surface area contributed by atoms with Crippen LogP contribution in [0.5, 0.6) is 0 Å². The third-order valence-corrected chi connectivity index (χ3v) is 3.89. The van der Waals surface area contributed by atoms with Crippen molar-refractivity contribution in [3.05, 3.63) is 35.9 Å². The van der Waals surface area contributed by atoms with Gasteiger partial charge in [-0.2, -0.15) is 0 Å². The Labute approximate surface area is 113 Å². The SMILES string of the molecule is CC1C(=O)N([C@@H](CO)Cc2ccccc2)C(=O)C1C. The van der Waals surface area contributed by atoms with Gasteiger partial charge in [-0.15, -0.1) is 0 Å². The maximum atomic E-state index is 12.1. The Morgan fingerprint density at radius 3 is 2.11 bits per heavy atom. The summed E-state index contributed by atoms with van der Waals surface area (Å²) >= 11 is 0. The van der Waals surface area contributed by atoms with E-state index in [0.717, 1.165) is 5.56 Å². The van der Waals surface area contributed by atoms with E-state index in [4.69, 9.17) is 0 Å². The number of hydrogen-bond donors (Lipinski definition) is 1. The fraction of sp³-hybridized carbons (Fsp3) is 0.467. The number of hydrogen-bond acceptors (Lipinski definition) is 3. The van der Waals surface area contributed by atoms with Gasteiger partial charge in [0.05, 0.1) is 12.6 Å². The molecule has 2 unspecified atom stereocenters. The first kappa shape index (κ1) is 13.7. The van der Waals surface area contributed by atoms with E-state index in [1.54, 1.807) is 13.8 Å². The van der Waals surface area contributed by atoms with Crippen molar-refractivity contribution in [2.75, 3.05) is 6.61 Å². The molecule has 0 aliphatic carbocycles. The summed E-state index contributed by atoms with van der Waals surface area (Å²) in [6.07, 6.45) is 0.494. The van der Waals surface area contributed by atoms with Gasteiger partial charge in [0.1, 0.15) is 0 Å². The van der Waals surface area contributed by atoms with Gasteiger partial charge in [-0.1, -0.05) is 44.2 Å². The molecule has 1 aromatic rings. The first-order valence-electron chi connectivity index (χ1n) is 6.58. The Kier molecular flexibility index (Phi) is 4.00. The van der Waals surface area contributed by atoms with Crippen LogP contribution in [0, 0.1) is 11.8 Å². The molecular weight excluding hydrogens is 242 g/mol. The Hall–Kier alpha value is -1.68. The van der Waals surface area contributed by atoms with Crippen LogP contribution >= 0.6 is 0 Å². The molecule has 4 nitrogen and oxygen atoms in total. The molecule has 0 aromatic heterocycles. The van der Waals surface area contributed by atoms with Crippen molar-refractivity contribution in [3.63, 3.8) is 0 Å². The molecule has 3 atom stereocenters. The van der Waals surface area contributed by atoms with Crippen LogP contribution in [0.3, 0.4) is 0 Å². The van der Waals surface area contributed by atoms with Crippen molar-refractivity contribution >= 4 is 11.8 Å². The van der Waals surface area contributed by atoms with Crippen LogP contribution < -0.4 is 0 Å². The predicted molar refractivity (Wildman–Crippen MR) is 71.2 cm³/mol. The molecule has 1 aliphatic rings. The maximum Gasteiger partial charge on any atom is 0.233 e. The fourth-order valence-electron chi connectivity index (χ4n) is 2.46. The average Bonchev–Trinajstić information content (AvgIpc) is 2.62. The predicted octanol–water partition coefficient (Wildman–Crippen LogP) is 1.23. The molecule has 1 N–H and O–H groups in total. The number of benzene rings is 1. The molecule has 1 fully saturated rings. The summed E-state index contributed by atoms with van der Waals surface area (Å²) in [4.78, 5) is 25.5. The molecule has 2 amide bonds. The van der Waals surface area contributed by atoms with Gasteiger partial charge in [0, 0.05) is 11.8 Å². The summed E-state index contributed by atoms with van der Waals surface area (Å²) in [5.74, 6) is -0.936. The van der Waals surface area contributed by atoms with E-state index >= 15 is 0 Å². The highest BCUT2D eigenvalue weighted by Gasteiger charge is 2.45. The van der Waals surface area contributed by atoms with E-state index in [0.29, 0.717) is 6.42 Å². The maximum absolute atomic E-state index is 12.1. The minimum atomic E-state index is -0.463. The summed E-state index contributed by atoms with van der Waals surface area (Å²) < 4.78 is 0. The number of nitrogens with zero attached hydrogens (tertiary/aromatic N) is 1. The highest BCUT2D eigenvalue weighted by atomic mass is 16.3. The van der Waals surface area contributed by atoms with Crippen LogP contribution in [0.15, 0.2) is 30.3 Å². The third kappa shape index (κ3) is 2.54. The van der Waals surface area contributed by atoms with Gasteiger partial charge in [0.25, 0.3) is 0 Å². The number of aliphatic hydroxyl groups is 1. The van der Waals surface area contributed by atoms with E-state index < -0.39 is 6.04 Å². The normalized spacial score (nSPS) is 24.9. The molecule has 4 heteroatoms. The lowest BCUT2D eigenvalue weighted by atomic mass is 10.00. The standard InChI is InChI=1S/C15H19NO3/c1-10-11(2)15(19)16(14(10)18)13(9-17)8-12-6-4-3-5-7-12/h3-7,10-11,13,17H,8-9H2,1-2H3/t10?,11?,13-/m1/s1.